The van der Waals surface area contributed by atoms with Crippen LogP contribution in [-0.4, -0.2) is 81.9 Å². The van der Waals surface area contributed by atoms with Crippen LogP contribution in [-0.2, 0) is 36.6 Å². The Hall–Kier alpha value is -1.81. The summed E-state index contributed by atoms with van der Waals surface area (Å²) in [5.74, 6) is 0.617. The molecule has 3 aliphatic heterocycles. The number of sulfonamides is 2. The average molecular weight is 697 g/mol. The fraction of sp³-hybridized carbons (Fsp3) is 0.900. The number of aromatic nitrogens is 3. The van der Waals surface area contributed by atoms with E-state index in [0.717, 1.165) is 19.3 Å². The van der Waals surface area contributed by atoms with Crippen LogP contribution in [0.25, 0.3) is 0 Å². The Labute approximate surface area is 279 Å². The van der Waals surface area contributed by atoms with Gasteiger partial charge >= 0.3 is 5.69 Å². The van der Waals surface area contributed by atoms with E-state index in [1.807, 2.05) is 111 Å². The molecule has 0 spiro atoms. The van der Waals surface area contributed by atoms with Crippen molar-refractivity contribution in [3.8, 4) is 0 Å². The third-order valence-corrected chi connectivity index (χ3v) is 6.53. The van der Waals surface area contributed by atoms with Crippen LogP contribution in [0.3, 0.4) is 0 Å². The first-order valence-electron chi connectivity index (χ1n) is 17.0. The molecule has 0 unspecified atom stereocenters. The van der Waals surface area contributed by atoms with Gasteiger partial charge in [0.25, 0.3) is 0 Å². The maximum absolute atomic E-state index is 10.5. The van der Waals surface area contributed by atoms with Crippen LogP contribution in [0.15, 0.2) is 11.1 Å². The van der Waals surface area contributed by atoms with E-state index in [4.69, 9.17) is 4.74 Å². The number of aromatic amines is 1. The van der Waals surface area contributed by atoms with Crippen molar-refractivity contribution in [2.75, 3.05) is 44.4 Å². The van der Waals surface area contributed by atoms with E-state index in [-0.39, 0.29) is 18.2 Å². The molecule has 3 fully saturated rings. The van der Waals surface area contributed by atoms with Gasteiger partial charge in [-0.2, -0.15) is 5.10 Å². The Kier molecular flexibility index (Phi) is 75.4. The van der Waals surface area contributed by atoms with Crippen molar-refractivity contribution in [2.24, 2.45) is 7.05 Å². The summed E-state index contributed by atoms with van der Waals surface area (Å²) in [5.41, 5.74) is -0.181. The lowest BCUT2D eigenvalue weighted by atomic mass is 10.3. The third kappa shape index (κ3) is 55.0. The summed E-state index contributed by atoms with van der Waals surface area (Å²) in [7, 11) is -4.00. The summed E-state index contributed by atoms with van der Waals surface area (Å²) in [5, 5.41) is 8.29. The van der Waals surface area contributed by atoms with E-state index < -0.39 is 20.0 Å². The number of ether oxygens (including phenoxy) is 1. The van der Waals surface area contributed by atoms with Crippen LogP contribution in [0.5, 0.6) is 0 Å². The first-order chi connectivity index (χ1) is 21.6. The summed E-state index contributed by atoms with van der Waals surface area (Å²) < 4.78 is 52.6. The lowest BCUT2D eigenvalue weighted by Gasteiger charge is -2.10. The molecule has 3 saturated heterocycles. The molecule has 13 nitrogen and oxygen atoms in total. The molecule has 1 aromatic rings. The third-order valence-electron chi connectivity index (χ3n) is 3.59. The summed E-state index contributed by atoms with van der Waals surface area (Å²) in [6.07, 6.45) is 3.99. The molecule has 4 heterocycles. The normalized spacial score (nSPS) is 15.1. The SMILES string of the molecule is CC.CC.CC.CC.CC.CC.CC.CC.Cn1cn[nH]c1=O.O=C1COCCN1.O=S1(=O)CCCCN1.O=S1(=O)CCCN1. The predicted molar refractivity (Wildman–Crippen MR) is 196 cm³/mol. The molecule has 45 heavy (non-hydrogen) atoms. The van der Waals surface area contributed by atoms with Gasteiger partial charge in [-0.1, -0.05) is 111 Å². The number of hydrogen-bond donors (Lipinski definition) is 4. The first-order valence-corrected chi connectivity index (χ1v) is 20.3. The molecule has 280 valence electrons. The Balaban J connectivity index is -0.0000000589. The fourth-order valence-corrected chi connectivity index (χ4v) is 4.37. The van der Waals surface area contributed by atoms with Crippen molar-refractivity contribution in [3.05, 3.63) is 16.8 Å². The van der Waals surface area contributed by atoms with Gasteiger partial charge in [0.05, 0.1) is 18.1 Å². The fourth-order valence-electron chi connectivity index (χ4n) is 2.06. The number of amides is 1. The molecule has 0 radical (unpaired) electrons. The van der Waals surface area contributed by atoms with Crippen molar-refractivity contribution in [1.82, 2.24) is 29.5 Å². The lowest BCUT2D eigenvalue weighted by molar-refractivity contribution is -0.128. The number of aryl methyl sites for hydroxylation is 1. The second kappa shape index (κ2) is 54.7. The van der Waals surface area contributed by atoms with Gasteiger partial charge in [0.2, 0.25) is 26.0 Å². The quantitative estimate of drug-likeness (QED) is 0.276. The van der Waals surface area contributed by atoms with Crippen molar-refractivity contribution in [2.45, 2.75) is 130 Å². The largest absolute Gasteiger partial charge is 0.370 e. The predicted octanol–water partition coefficient (Wildman–Crippen LogP) is 5.46. The zero-order valence-electron chi connectivity index (χ0n) is 32.2. The van der Waals surface area contributed by atoms with E-state index in [0.29, 0.717) is 37.7 Å². The lowest BCUT2D eigenvalue weighted by Crippen LogP contribution is -2.36. The maximum Gasteiger partial charge on any atom is 0.342 e. The number of morpholine rings is 1. The highest BCUT2D eigenvalue weighted by Gasteiger charge is 2.14. The molecule has 0 saturated carbocycles. The second-order valence-corrected chi connectivity index (χ2v) is 10.0. The average Bonchev–Trinajstić information content (AvgIpc) is 3.71. The smallest absolute Gasteiger partial charge is 0.342 e. The van der Waals surface area contributed by atoms with E-state index in [1.165, 1.54) is 10.9 Å². The standard InChI is InChI=1S/C4H9NO2S.C4H7NO2.C3H5N3O.C3H7NO2S.8C2H6/c6-8(7)4-2-1-3-5-8;6-4-3-7-2-1-5-4;1-6-2-4-5-3(6)7;5-7(6)3-1-2-4-7;8*1-2/h5H,1-4H2;1-3H2,(H,5,6);2H,1H3,(H,5,7);4H,1-3H2;8*1-2H3. The number of hydrogen-bond acceptors (Lipinski definition) is 8. The minimum Gasteiger partial charge on any atom is -0.370 e. The Morgan fingerprint density at radius 1 is 0.644 bits per heavy atom. The molecular weight excluding hydrogens is 620 g/mol. The second-order valence-electron chi connectivity index (χ2n) is 6.16. The number of H-pyrrole nitrogens is 1. The molecule has 4 rings (SSSR count). The molecule has 0 aromatic carbocycles. The van der Waals surface area contributed by atoms with E-state index in [9.17, 15) is 26.4 Å². The Bertz CT molecular complexity index is 859. The van der Waals surface area contributed by atoms with Crippen molar-refractivity contribution < 1.29 is 26.4 Å². The van der Waals surface area contributed by atoms with Crippen LogP contribution in [0.1, 0.15) is 130 Å². The number of carbonyl (C=O) groups excluding carboxylic acids is 1. The van der Waals surface area contributed by atoms with Gasteiger partial charge in [0.1, 0.15) is 12.9 Å². The Morgan fingerprint density at radius 3 is 1.18 bits per heavy atom. The molecule has 15 heteroatoms. The highest BCUT2D eigenvalue weighted by atomic mass is 32.2. The summed E-state index contributed by atoms with van der Waals surface area (Å²) in [4.78, 5) is 20.5. The van der Waals surface area contributed by atoms with Gasteiger partial charge in [-0.3, -0.25) is 9.36 Å². The number of rotatable bonds is 0. The summed E-state index contributed by atoms with van der Waals surface area (Å²) in [6, 6.07) is 0. The number of nitrogens with one attached hydrogen (secondary N) is 4. The van der Waals surface area contributed by atoms with Crippen LogP contribution in [0, 0.1) is 0 Å². The molecule has 0 bridgehead atoms. The monoisotopic (exact) mass is 697 g/mol. The van der Waals surface area contributed by atoms with Gasteiger partial charge in [0, 0.05) is 26.7 Å². The Morgan fingerprint density at radius 2 is 1.04 bits per heavy atom. The summed E-state index contributed by atoms with van der Waals surface area (Å²) >= 11 is 0. The van der Waals surface area contributed by atoms with Gasteiger partial charge in [0.15, 0.2) is 0 Å². The topological polar surface area (TPSA) is 181 Å². The number of nitrogens with zero attached hydrogens (tertiary/aromatic N) is 2. The zero-order chi connectivity index (χ0) is 37.8. The molecular formula is C30H76N6O7S2. The van der Waals surface area contributed by atoms with Gasteiger partial charge < -0.3 is 10.1 Å². The maximum atomic E-state index is 10.5. The van der Waals surface area contributed by atoms with Crippen molar-refractivity contribution >= 4 is 26.0 Å². The van der Waals surface area contributed by atoms with E-state index in [2.05, 4.69) is 25.0 Å². The van der Waals surface area contributed by atoms with Crippen LogP contribution < -0.4 is 20.5 Å². The molecule has 3 aliphatic rings. The highest BCUT2D eigenvalue weighted by Crippen LogP contribution is 1.99. The van der Waals surface area contributed by atoms with Crippen LogP contribution in [0.2, 0.25) is 0 Å². The van der Waals surface area contributed by atoms with Crippen LogP contribution >= 0.6 is 0 Å². The zero-order valence-corrected chi connectivity index (χ0v) is 33.9. The van der Waals surface area contributed by atoms with E-state index in [1.54, 1.807) is 7.05 Å². The van der Waals surface area contributed by atoms with Crippen molar-refractivity contribution in [1.29, 1.82) is 0 Å². The van der Waals surface area contributed by atoms with E-state index >= 15 is 0 Å². The minimum atomic E-state index is -2.83. The van der Waals surface area contributed by atoms with Gasteiger partial charge in [-0.05, 0) is 19.3 Å². The molecule has 4 N–H and O–H groups in total. The highest BCUT2D eigenvalue weighted by molar-refractivity contribution is 7.89. The van der Waals surface area contributed by atoms with Gasteiger partial charge in [-0.25, -0.2) is 36.2 Å². The minimum absolute atomic E-state index is 0.00810. The van der Waals surface area contributed by atoms with Gasteiger partial charge in [-0.15, -0.1) is 0 Å². The molecule has 1 aromatic heterocycles. The summed E-state index contributed by atoms with van der Waals surface area (Å²) in [6.45, 7) is 34.8. The van der Waals surface area contributed by atoms with Crippen molar-refractivity contribution in [3.63, 3.8) is 0 Å². The van der Waals surface area contributed by atoms with Crippen LogP contribution in [0.4, 0.5) is 0 Å². The molecule has 0 aliphatic carbocycles. The number of carbonyl (C=O) groups is 1. The molecule has 1 amide bonds. The first kappa shape index (κ1) is 62.1. The molecule has 0 atom stereocenters.